The van der Waals surface area contributed by atoms with E-state index in [2.05, 4.69) is 11.8 Å². The molecule has 0 aromatic heterocycles. The predicted molar refractivity (Wildman–Crippen MR) is 66.9 cm³/mol. The maximum absolute atomic E-state index is 9.52. The van der Waals surface area contributed by atoms with Crippen molar-refractivity contribution in [2.75, 3.05) is 26.2 Å². The Morgan fingerprint density at radius 3 is 3.06 bits per heavy atom. The number of ether oxygens (including phenoxy) is 1. The van der Waals surface area contributed by atoms with Crippen LogP contribution in [-0.4, -0.2) is 42.4 Å². The first-order valence-corrected chi connectivity index (χ1v) is 6.05. The first kappa shape index (κ1) is 12.4. The van der Waals surface area contributed by atoms with Crippen molar-refractivity contribution in [3.8, 4) is 5.75 Å². The van der Waals surface area contributed by atoms with Crippen LogP contribution in [0.1, 0.15) is 18.5 Å². The van der Waals surface area contributed by atoms with Gasteiger partial charge in [-0.15, -0.1) is 0 Å². The third-order valence-electron chi connectivity index (χ3n) is 3.19. The van der Waals surface area contributed by atoms with Crippen LogP contribution >= 0.6 is 0 Å². The normalized spacial score (nSPS) is 23.5. The summed E-state index contributed by atoms with van der Waals surface area (Å²) in [6.07, 6.45) is 0.245. The number of benzene rings is 1. The molecule has 1 fully saturated rings. The average Bonchev–Trinajstić information content (AvgIpc) is 2.30. The summed E-state index contributed by atoms with van der Waals surface area (Å²) < 4.78 is 5.53. The molecule has 0 amide bonds. The molecule has 1 heterocycles. The van der Waals surface area contributed by atoms with Gasteiger partial charge in [0.15, 0.2) is 0 Å². The van der Waals surface area contributed by atoms with Crippen LogP contribution in [0.25, 0.3) is 0 Å². The van der Waals surface area contributed by atoms with Crippen molar-refractivity contribution in [2.24, 2.45) is 5.73 Å². The van der Waals surface area contributed by atoms with Gasteiger partial charge in [-0.05, 0) is 24.6 Å². The SMILES string of the molecule is CC1CN(C(CN)c2cccc(O)c2)CCO1. The number of nitrogens with two attached hydrogens (primary N) is 1. The topological polar surface area (TPSA) is 58.7 Å². The molecule has 4 nitrogen and oxygen atoms in total. The van der Waals surface area contributed by atoms with Crippen LogP contribution in [-0.2, 0) is 4.74 Å². The third kappa shape index (κ3) is 2.97. The van der Waals surface area contributed by atoms with Gasteiger partial charge in [0.05, 0.1) is 12.7 Å². The zero-order valence-electron chi connectivity index (χ0n) is 10.2. The molecule has 0 radical (unpaired) electrons. The molecule has 4 heteroatoms. The summed E-state index contributed by atoms with van der Waals surface area (Å²) >= 11 is 0. The van der Waals surface area contributed by atoms with Gasteiger partial charge < -0.3 is 15.6 Å². The Balaban J connectivity index is 2.15. The lowest BCUT2D eigenvalue weighted by Crippen LogP contribution is -2.45. The average molecular weight is 236 g/mol. The zero-order chi connectivity index (χ0) is 12.3. The fourth-order valence-electron chi connectivity index (χ4n) is 2.36. The second-order valence-electron chi connectivity index (χ2n) is 4.52. The molecule has 2 atom stereocenters. The Kier molecular flexibility index (Phi) is 3.99. The molecule has 1 aromatic rings. The third-order valence-corrected chi connectivity index (χ3v) is 3.19. The van der Waals surface area contributed by atoms with Gasteiger partial charge in [0.2, 0.25) is 0 Å². The van der Waals surface area contributed by atoms with Gasteiger partial charge in [0.25, 0.3) is 0 Å². The summed E-state index contributed by atoms with van der Waals surface area (Å²) in [7, 11) is 0. The maximum atomic E-state index is 9.52. The van der Waals surface area contributed by atoms with Gasteiger partial charge in [-0.25, -0.2) is 0 Å². The van der Waals surface area contributed by atoms with Crippen LogP contribution in [0.4, 0.5) is 0 Å². The van der Waals surface area contributed by atoms with E-state index in [-0.39, 0.29) is 12.1 Å². The Morgan fingerprint density at radius 2 is 2.41 bits per heavy atom. The molecule has 0 aliphatic carbocycles. The molecule has 0 saturated carbocycles. The van der Waals surface area contributed by atoms with Crippen LogP contribution in [0.5, 0.6) is 5.75 Å². The molecule has 2 unspecified atom stereocenters. The Bertz CT molecular complexity index is 370. The second-order valence-corrected chi connectivity index (χ2v) is 4.52. The summed E-state index contributed by atoms with van der Waals surface area (Å²) in [4.78, 5) is 2.32. The molecule has 1 saturated heterocycles. The van der Waals surface area contributed by atoms with Gasteiger partial charge in [-0.2, -0.15) is 0 Å². The maximum Gasteiger partial charge on any atom is 0.115 e. The molecule has 17 heavy (non-hydrogen) atoms. The molecular formula is C13H20N2O2. The molecule has 94 valence electrons. The minimum Gasteiger partial charge on any atom is -0.508 e. The summed E-state index contributed by atoms with van der Waals surface area (Å²) in [5.74, 6) is 0.294. The first-order chi connectivity index (χ1) is 8.20. The number of rotatable bonds is 3. The van der Waals surface area contributed by atoms with E-state index in [1.165, 1.54) is 0 Å². The smallest absolute Gasteiger partial charge is 0.115 e. The van der Waals surface area contributed by atoms with Crippen molar-refractivity contribution in [1.29, 1.82) is 0 Å². The van der Waals surface area contributed by atoms with Gasteiger partial charge in [-0.1, -0.05) is 12.1 Å². The van der Waals surface area contributed by atoms with Crippen molar-refractivity contribution in [3.63, 3.8) is 0 Å². The van der Waals surface area contributed by atoms with Crippen molar-refractivity contribution in [3.05, 3.63) is 29.8 Å². The van der Waals surface area contributed by atoms with E-state index in [4.69, 9.17) is 10.5 Å². The van der Waals surface area contributed by atoms with E-state index in [1.807, 2.05) is 12.1 Å². The Hall–Kier alpha value is -1.10. The van der Waals surface area contributed by atoms with Gasteiger partial charge in [0, 0.05) is 25.7 Å². The van der Waals surface area contributed by atoms with Crippen LogP contribution < -0.4 is 5.73 Å². The fraction of sp³-hybridized carbons (Fsp3) is 0.538. The molecule has 1 aliphatic rings. The van der Waals surface area contributed by atoms with E-state index < -0.39 is 0 Å². The van der Waals surface area contributed by atoms with Crippen molar-refractivity contribution < 1.29 is 9.84 Å². The molecule has 1 aliphatic heterocycles. The Labute approximate surface area is 102 Å². The van der Waals surface area contributed by atoms with Crippen LogP contribution in [0.15, 0.2) is 24.3 Å². The van der Waals surface area contributed by atoms with Crippen molar-refractivity contribution in [2.45, 2.75) is 19.1 Å². The number of phenols is 1. The molecule has 3 N–H and O–H groups in total. The van der Waals surface area contributed by atoms with Gasteiger partial charge in [0.1, 0.15) is 5.75 Å². The van der Waals surface area contributed by atoms with Crippen LogP contribution in [0.2, 0.25) is 0 Å². The molecule has 2 rings (SSSR count). The molecular weight excluding hydrogens is 216 g/mol. The van der Waals surface area contributed by atoms with Gasteiger partial charge >= 0.3 is 0 Å². The lowest BCUT2D eigenvalue weighted by Gasteiger charge is -2.37. The monoisotopic (exact) mass is 236 g/mol. The molecule has 1 aromatic carbocycles. The second kappa shape index (κ2) is 5.49. The Morgan fingerprint density at radius 1 is 1.59 bits per heavy atom. The van der Waals surface area contributed by atoms with E-state index in [1.54, 1.807) is 12.1 Å². The van der Waals surface area contributed by atoms with Gasteiger partial charge in [-0.3, -0.25) is 4.90 Å². The number of phenolic OH excluding ortho intramolecular Hbond substituents is 1. The summed E-state index contributed by atoms with van der Waals surface area (Å²) in [5.41, 5.74) is 6.94. The van der Waals surface area contributed by atoms with Crippen LogP contribution in [0.3, 0.4) is 0 Å². The van der Waals surface area contributed by atoms with E-state index in [0.29, 0.717) is 12.3 Å². The minimum atomic E-state index is 0.161. The first-order valence-electron chi connectivity index (χ1n) is 6.05. The highest BCUT2D eigenvalue weighted by atomic mass is 16.5. The van der Waals surface area contributed by atoms with Crippen molar-refractivity contribution >= 4 is 0 Å². The lowest BCUT2D eigenvalue weighted by atomic mass is 10.0. The molecule has 0 bridgehead atoms. The zero-order valence-corrected chi connectivity index (χ0v) is 10.2. The molecule has 0 spiro atoms. The summed E-state index contributed by atoms with van der Waals surface area (Å²) in [6.45, 7) is 5.15. The lowest BCUT2D eigenvalue weighted by molar-refractivity contribution is -0.0333. The van der Waals surface area contributed by atoms with Crippen molar-refractivity contribution in [1.82, 2.24) is 4.90 Å². The number of aromatic hydroxyl groups is 1. The highest BCUT2D eigenvalue weighted by Crippen LogP contribution is 2.24. The fourth-order valence-corrected chi connectivity index (χ4v) is 2.36. The van der Waals surface area contributed by atoms with Crippen LogP contribution in [0, 0.1) is 0 Å². The quantitative estimate of drug-likeness (QED) is 0.825. The highest BCUT2D eigenvalue weighted by molar-refractivity contribution is 5.29. The van der Waals surface area contributed by atoms with E-state index in [9.17, 15) is 5.11 Å². The van der Waals surface area contributed by atoms with E-state index in [0.717, 1.165) is 25.3 Å². The minimum absolute atomic E-state index is 0.161. The summed E-state index contributed by atoms with van der Waals surface area (Å²) in [6, 6.07) is 7.50. The standard InChI is InChI=1S/C13H20N2O2/c1-10-9-15(5-6-17-10)13(8-14)11-3-2-4-12(16)7-11/h2-4,7,10,13,16H,5-6,8-9,14H2,1H3. The number of hydrogen-bond donors (Lipinski definition) is 2. The highest BCUT2D eigenvalue weighted by Gasteiger charge is 2.24. The number of hydrogen-bond acceptors (Lipinski definition) is 4. The predicted octanol–water partition coefficient (Wildman–Crippen LogP) is 1.11. The number of nitrogens with zero attached hydrogens (tertiary/aromatic N) is 1. The number of morpholine rings is 1. The van der Waals surface area contributed by atoms with E-state index >= 15 is 0 Å². The summed E-state index contributed by atoms with van der Waals surface area (Å²) in [5, 5.41) is 9.52. The largest absolute Gasteiger partial charge is 0.508 e.